The summed E-state index contributed by atoms with van der Waals surface area (Å²) in [6.45, 7) is 0.842. The molecule has 0 aliphatic rings. The van der Waals surface area contributed by atoms with Crippen molar-refractivity contribution >= 4 is 39.1 Å². The van der Waals surface area contributed by atoms with Gasteiger partial charge in [0.15, 0.2) is 0 Å². The van der Waals surface area contributed by atoms with Crippen LogP contribution in [0.4, 0.5) is 21.5 Å². The van der Waals surface area contributed by atoms with Crippen LogP contribution in [0.25, 0.3) is 0 Å². The smallest absolute Gasteiger partial charge is 0.304 e. The summed E-state index contributed by atoms with van der Waals surface area (Å²) in [6.07, 6.45) is 0. The second-order valence-electron chi connectivity index (χ2n) is 6.08. The normalized spacial score (nSPS) is 11.2. The van der Waals surface area contributed by atoms with Crippen LogP contribution in [0.5, 0.6) is 0 Å². The Morgan fingerprint density at radius 3 is 2.11 bits per heavy atom. The first-order valence-electron chi connectivity index (χ1n) is 8.23. The van der Waals surface area contributed by atoms with Crippen molar-refractivity contribution in [3.8, 4) is 0 Å². The highest BCUT2D eigenvalue weighted by Gasteiger charge is 2.27. The van der Waals surface area contributed by atoms with Gasteiger partial charge in [-0.15, -0.1) is 0 Å². The van der Waals surface area contributed by atoms with Gasteiger partial charge >= 0.3 is 10.2 Å². The quantitative estimate of drug-likeness (QED) is 0.732. The molecule has 0 radical (unpaired) electrons. The number of nitrogens with zero attached hydrogens (tertiary/aromatic N) is 2. The van der Waals surface area contributed by atoms with E-state index < -0.39 is 28.5 Å². The first-order chi connectivity index (χ1) is 13.1. The molecule has 0 spiro atoms. The molecule has 0 aromatic heterocycles. The highest BCUT2D eigenvalue weighted by atomic mass is 32.2. The third-order valence-corrected chi connectivity index (χ3v) is 5.43. The highest BCUT2D eigenvalue weighted by molar-refractivity contribution is 7.90. The Bertz CT molecular complexity index is 962. The summed E-state index contributed by atoms with van der Waals surface area (Å²) >= 11 is 0. The van der Waals surface area contributed by atoms with E-state index in [0.29, 0.717) is 11.4 Å². The van der Waals surface area contributed by atoms with Gasteiger partial charge in [0, 0.05) is 32.4 Å². The standard InChI is InChI=1S/C18H21FN4O4S/c1-13(24)20-15-5-4-6-16(11-15)21-18(25)12-23(28(26,27)22(2)3)17-9-7-14(19)8-10-17/h4-11H,12H2,1-3H3,(H,20,24)(H,21,25). The van der Waals surface area contributed by atoms with Gasteiger partial charge in [-0.1, -0.05) is 6.07 Å². The van der Waals surface area contributed by atoms with Crippen LogP contribution in [0.3, 0.4) is 0 Å². The van der Waals surface area contributed by atoms with Gasteiger partial charge in [-0.3, -0.25) is 9.59 Å². The number of hydrogen-bond acceptors (Lipinski definition) is 4. The van der Waals surface area contributed by atoms with E-state index in [1.165, 1.54) is 33.2 Å². The molecule has 0 atom stereocenters. The molecule has 150 valence electrons. The number of benzene rings is 2. The van der Waals surface area contributed by atoms with Crippen LogP contribution >= 0.6 is 0 Å². The number of carbonyl (C=O) groups is 2. The van der Waals surface area contributed by atoms with Crippen LogP contribution in [0.2, 0.25) is 0 Å². The monoisotopic (exact) mass is 408 g/mol. The second-order valence-corrected chi connectivity index (χ2v) is 8.15. The van der Waals surface area contributed by atoms with Crippen molar-refractivity contribution in [1.82, 2.24) is 4.31 Å². The molecule has 0 aliphatic heterocycles. The van der Waals surface area contributed by atoms with Crippen molar-refractivity contribution in [2.45, 2.75) is 6.92 Å². The molecule has 0 fully saturated rings. The summed E-state index contributed by atoms with van der Waals surface area (Å²) in [4.78, 5) is 23.6. The van der Waals surface area contributed by atoms with Gasteiger partial charge in [0.1, 0.15) is 12.4 Å². The molecule has 10 heteroatoms. The Kier molecular flexibility index (Phi) is 6.71. The minimum Gasteiger partial charge on any atom is -0.326 e. The molecule has 8 nitrogen and oxygen atoms in total. The zero-order chi connectivity index (χ0) is 20.9. The SMILES string of the molecule is CC(=O)Nc1cccc(NC(=O)CN(c2ccc(F)cc2)S(=O)(=O)N(C)C)c1. The van der Waals surface area contributed by atoms with Crippen molar-refractivity contribution < 1.29 is 22.4 Å². The molecule has 0 aliphatic carbocycles. The number of anilines is 3. The van der Waals surface area contributed by atoms with Gasteiger partial charge < -0.3 is 10.6 Å². The topological polar surface area (TPSA) is 98.8 Å². The summed E-state index contributed by atoms with van der Waals surface area (Å²) in [6, 6.07) is 11.2. The maximum absolute atomic E-state index is 13.2. The Labute approximate surface area is 163 Å². The molecule has 0 saturated carbocycles. The molecule has 2 N–H and O–H groups in total. The summed E-state index contributed by atoms with van der Waals surface area (Å²) in [5.74, 6) is -1.39. The van der Waals surface area contributed by atoms with E-state index in [-0.39, 0.29) is 11.6 Å². The third kappa shape index (κ3) is 5.51. The van der Waals surface area contributed by atoms with Crippen molar-refractivity contribution in [2.75, 3.05) is 35.6 Å². The fourth-order valence-corrected chi connectivity index (χ4v) is 3.38. The lowest BCUT2D eigenvalue weighted by molar-refractivity contribution is -0.115. The molecule has 0 unspecified atom stereocenters. The summed E-state index contributed by atoms with van der Waals surface area (Å²) < 4.78 is 40.2. The van der Waals surface area contributed by atoms with Gasteiger partial charge in [-0.05, 0) is 42.5 Å². The third-order valence-electron chi connectivity index (χ3n) is 3.61. The van der Waals surface area contributed by atoms with Gasteiger partial charge in [0.2, 0.25) is 11.8 Å². The number of rotatable bonds is 7. The molecule has 0 heterocycles. The van der Waals surface area contributed by atoms with Gasteiger partial charge in [-0.25, -0.2) is 8.70 Å². The molecule has 0 bridgehead atoms. The number of halogens is 1. The Hall–Kier alpha value is -2.98. The lowest BCUT2D eigenvalue weighted by Gasteiger charge is -2.27. The van der Waals surface area contributed by atoms with Crippen LogP contribution in [0.15, 0.2) is 48.5 Å². The molecular weight excluding hydrogens is 387 g/mol. The zero-order valence-electron chi connectivity index (χ0n) is 15.6. The van der Waals surface area contributed by atoms with E-state index in [2.05, 4.69) is 10.6 Å². The molecule has 28 heavy (non-hydrogen) atoms. The van der Waals surface area contributed by atoms with Crippen LogP contribution in [-0.2, 0) is 19.8 Å². The number of hydrogen-bond donors (Lipinski definition) is 2. The van der Waals surface area contributed by atoms with Crippen molar-refractivity contribution in [3.05, 3.63) is 54.3 Å². The Balaban J connectivity index is 2.23. The average Bonchev–Trinajstić information content (AvgIpc) is 2.60. The fraction of sp³-hybridized carbons (Fsp3) is 0.222. The number of carbonyl (C=O) groups excluding carboxylic acids is 2. The minimum atomic E-state index is -3.99. The predicted octanol–water partition coefficient (Wildman–Crippen LogP) is 2.04. The molecule has 2 rings (SSSR count). The largest absolute Gasteiger partial charge is 0.326 e. The Morgan fingerprint density at radius 2 is 1.57 bits per heavy atom. The average molecular weight is 408 g/mol. The van der Waals surface area contributed by atoms with E-state index >= 15 is 0 Å². The van der Waals surface area contributed by atoms with Gasteiger partial charge in [0.25, 0.3) is 0 Å². The molecule has 2 aromatic rings. The number of nitrogens with one attached hydrogen (secondary N) is 2. The summed E-state index contributed by atoms with van der Waals surface area (Å²) in [7, 11) is -1.32. The molecule has 2 amide bonds. The van der Waals surface area contributed by atoms with Gasteiger partial charge in [-0.2, -0.15) is 12.7 Å². The maximum atomic E-state index is 13.2. The highest BCUT2D eigenvalue weighted by Crippen LogP contribution is 2.21. The van der Waals surface area contributed by atoms with Crippen LogP contribution < -0.4 is 14.9 Å². The van der Waals surface area contributed by atoms with E-state index in [4.69, 9.17) is 0 Å². The maximum Gasteiger partial charge on any atom is 0.304 e. The molecule has 0 saturated heterocycles. The predicted molar refractivity (Wildman–Crippen MR) is 106 cm³/mol. The fourth-order valence-electron chi connectivity index (χ4n) is 2.32. The summed E-state index contributed by atoms with van der Waals surface area (Å²) in [5.41, 5.74) is 1.02. The van der Waals surface area contributed by atoms with Crippen molar-refractivity contribution in [1.29, 1.82) is 0 Å². The zero-order valence-corrected chi connectivity index (χ0v) is 16.5. The van der Waals surface area contributed by atoms with Gasteiger partial charge in [0.05, 0.1) is 5.69 Å². The van der Waals surface area contributed by atoms with Crippen molar-refractivity contribution in [2.24, 2.45) is 0 Å². The number of amides is 2. The molecule has 2 aromatic carbocycles. The second kappa shape index (κ2) is 8.81. The lowest BCUT2D eigenvalue weighted by Crippen LogP contribution is -2.44. The van der Waals surface area contributed by atoms with Crippen molar-refractivity contribution in [3.63, 3.8) is 0 Å². The first kappa shape index (κ1) is 21.3. The molecular formula is C18H21FN4O4S. The van der Waals surface area contributed by atoms with Crippen LogP contribution in [-0.4, -0.2) is 45.2 Å². The minimum absolute atomic E-state index is 0.150. The first-order valence-corrected chi connectivity index (χ1v) is 9.62. The van der Waals surface area contributed by atoms with E-state index in [0.717, 1.165) is 20.7 Å². The van der Waals surface area contributed by atoms with E-state index in [9.17, 15) is 22.4 Å². The van der Waals surface area contributed by atoms with Crippen LogP contribution in [0.1, 0.15) is 6.92 Å². The van der Waals surface area contributed by atoms with Crippen LogP contribution in [0, 0.1) is 5.82 Å². The summed E-state index contributed by atoms with van der Waals surface area (Å²) in [5, 5.41) is 5.18. The van der Waals surface area contributed by atoms with E-state index in [1.54, 1.807) is 24.3 Å². The van der Waals surface area contributed by atoms with E-state index in [1.807, 2.05) is 0 Å². The Morgan fingerprint density at radius 1 is 1.00 bits per heavy atom. The lowest BCUT2D eigenvalue weighted by atomic mass is 10.2.